The summed E-state index contributed by atoms with van der Waals surface area (Å²) < 4.78 is 31.1. The average Bonchev–Trinajstić information content (AvgIpc) is 2.28. The normalized spacial score (nSPS) is 11.0. The van der Waals surface area contributed by atoms with Gasteiger partial charge in [-0.2, -0.15) is 0 Å². The maximum atomic E-state index is 13.0. The van der Waals surface area contributed by atoms with Crippen molar-refractivity contribution in [3.05, 3.63) is 35.4 Å². The van der Waals surface area contributed by atoms with E-state index < -0.39 is 11.6 Å². The quantitative estimate of drug-likeness (QED) is 0.839. The van der Waals surface area contributed by atoms with Gasteiger partial charge in [0.05, 0.1) is 6.61 Å². The van der Waals surface area contributed by atoms with Crippen LogP contribution in [-0.4, -0.2) is 18.3 Å². The number of hydrogen-bond donors (Lipinski definition) is 1. The van der Waals surface area contributed by atoms with Crippen LogP contribution in [0.4, 0.5) is 8.78 Å². The van der Waals surface area contributed by atoms with E-state index in [4.69, 9.17) is 9.84 Å². The Labute approximate surface area is 93.2 Å². The van der Waals surface area contributed by atoms with E-state index in [0.29, 0.717) is 5.56 Å². The number of rotatable bonds is 5. The van der Waals surface area contributed by atoms with Gasteiger partial charge < -0.3 is 9.84 Å². The van der Waals surface area contributed by atoms with E-state index in [9.17, 15) is 8.78 Å². The lowest BCUT2D eigenvalue weighted by Crippen LogP contribution is -2.03. The van der Waals surface area contributed by atoms with Crippen molar-refractivity contribution in [1.29, 1.82) is 0 Å². The van der Waals surface area contributed by atoms with Crippen LogP contribution in [0.25, 0.3) is 6.08 Å². The van der Waals surface area contributed by atoms with E-state index in [2.05, 4.69) is 0 Å². The first kappa shape index (κ1) is 12.6. The third-order valence-electron chi connectivity index (χ3n) is 1.93. The molecular formula is C12H14F2O2. The molecule has 0 amide bonds. The van der Waals surface area contributed by atoms with Crippen molar-refractivity contribution in [3.63, 3.8) is 0 Å². The van der Waals surface area contributed by atoms with E-state index in [1.807, 2.05) is 13.0 Å². The second-order valence-electron chi connectivity index (χ2n) is 3.19. The summed E-state index contributed by atoms with van der Waals surface area (Å²) in [6, 6.07) is 2.06. The molecule has 0 atom stereocenters. The zero-order valence-corrected chi connectivity index (χ0v) is 9.04. The maximum Gasteiger partial charge on any atom is 0.162 e. The van der Waals surface area contributed by atoms with E-state index in [1.54, 1.807) is 6.08 Å². The maximum absolute atomic E-state index is 13.0. The summed E-state index contributed by atoms with van der Waals surface area (Å²) in [5.74, 6) is -1.63. The van der Waals surface area contributed by atoms with Crippen molar-refractivity contribution in [2.45, 2.75) is 13.3 Å². The second kappa shape index (κ2) is 6.23. The van der Waals surface area contributed by atoms with E-state index >= 15 is 0 Å². The smallest absolute Gasteiger partial charge is 0.162 e. The number of aliphatic hydroxyl groups excluding tert-OH is 1. The van der Waals surface area contributed by atoms with Gasteiger partial charge in [0.25, 0.3) is 0 Å². The standard InChI is InChI=1S/C12H14F2O2/c1-2-3-4-9-7-10(13)11(14)8-12(9)16-6-5-15/h3-4,7-8,15H,2,5-6H2,1H3/b4-3+. The van der Waals surface area contributed by atoms with Gasteiger partial charge in [0.15, 0.2) is 11.6 Å². The van der Waals surface area contributed by atoms with Crippen molar-refractivity contribution in [1.82, 2.24) is 0 Å². The van der Waals surface area contributed by atoms with Gasteiger partial charge in [-0.25, -0.2) is 8.78 Å². The largest absolute Gasteiger partial charge is 0.490 e. The lowest BCUT2D eigenvalue weighted by Gasteiger charge is -2.08. The summed E-state index contributed by atoms with van der Waals surface area (Å²) >= 11 is 0. The molecule has 0 radical (unpaired) electrons. The van der Waals surface area contributed by atoms with Crippen molar-refractivity contribution < 1.29 is 18.6 Å². The van der Waals surface area contributed by atoms with Gasteiger partial charge >= 0.3 is 0 Å². The minimum atomic E-state index is -0.957. The summed E-state index contributed by atoms with van der Waals surface area (Å²) in [5.41, 5.74) is 0.467. The Morgan fingerprint density at radius 3 is 2.62 bits per heavy atom. The van der Waals surface area contributed by atoms with Gasteiger partial charge in [0, 0.05) is 11.6 Å². The molecular weight excluding hydrogens is 214 g/mol. The molecule has 1 N–H and O–H groups in total. The Bertz CT molecular complexity index is 376. The average molecular weight is 228 g/mol. The van der Waals surface area contributed by atoms with E-state index in [0.717, 1.165) is 18.6 Å². The summed E-state index contributed by atoms with van der Waals surface area (Å²) in [5, 5.41) is 8.61. The van der Waals surface area contributed by atoms with Crippen LogP contribution < -0.4 is 4.74 Å². The van der Waals surface area contributed by atoms with Gasteiger partial charge in [-0.05, 0) is 12.5 Å². The molecule has 0 unspecified atom stereocenters. The first-order chi connectivity index (χ1) is 7.69. The van der Waals surface area contributed by atoms with Crippen LogP contribution in [0.3, 0.4) is 0 Å². The Morgan fingerprint density at radius 1 is 1.31 bits per heavy atom. The first-order valence-corrected chi connectivity index (χ1v) is 5.08. The zero-order chi connectivity index (χ0) is 12.0. The van der Waals surface area contributed by atoms with Crippen molar-refractivity contribution in [3.8, 4) is 5.75 Å². The molecule has 16 heavy (non-hydrogen) atoms. The van der Waals surface area contributed by atoms with Gasteiger partial charge in [-0.15, -0.1) is 0 Å². The topological polar surface area (TPSA) is 29.5 Å². The Balaban J connectivity index is 3.01. The molecule has 0 aromatic heterocycles. The summed E-state index contributed by atoms with van der Waals surface area (Å²) in [4.78, 5) is 0. The van der Waals surface area contributed by atoms with Gasteiger partial charge in [0.2, 0.25) is 0 Å². The van der Waals surface area contributed by atoms with Crippen molar-refractivity contribution >= 4 is 6.08 Å². The highest BCUT2D eigenvalue weighted by Gasteiger charge is 2.08. The van der Waals surface area contributed by atoms with E-state index in [1.165, 1.54) is 0 Å². The minimum absolute atomic E-state index is 0.0536. The molecule has 0 fully saturated rings. The molecule has 2 nitrogen and oxygen atoms in total. The van der Waals surface area contributed by atoms with Crippen LogP contribution in [0.5, 0.6) is 5.75 Å². The lowest BCUT2D eigenvalue weighted by atomic mass is 10.1. The number of allylic oxidation sites excluding steroid dienone is 1. The molecule has 0 bridgehead atoms. The second-order valence-corrected chi connectivity index (χ2v) is 3.19. The molecule has 0 aliphatic rings. The van der Waals surface area contributed by atoms with Gasteiger partial charge in [-0.3, -0.25) is 0 Å². The third-order valence-corrected chi connectivity index (χ3v) is 1.93. The Morgan fingerprint density at radius 2 is 2.00 bits per heavy atom. The minimum Gasteiger partial charge on any atom is -0.490 e. The Hall–Kier alpha value is -1.42. The number of hydrogen-bond acceptors (Lipinski definition) is 2. The van der Waals surface area contributed by atoms with Gasteiger partial charge in [0.1, 0.15) is 12.4 Å². The first-order valence-electron chi connectivity index (χ1n) is 5.08. The highest BCUT2D eigenvalue weighted by atomic mass is 19.2. The number of ether oxygens (including phenoxy) is 1. The zero-order valence-electron chi connectivity index (χ0n) is 9.04. The van der Waals surface area contributed by atoms with E-state index in [-0.39, 0.29) is 19.0 Å². The van der Waals surface area contributed by atoms with Crippen LogP contribution in [0.1, 0.15) is 18.9 Å². The fraction of sp³-hybridized carbons (Fsp3) is 0.333. The fourth-order valence-electron chi connectivity index (χ4n) is 1.20. The third kappa shape index (κ3) is 3.31. The number of aliphatic hydroxyl groups is 1. The lowest BCUT2D eigenvalue weighted by molar-refractivity contribution is 0.200. The summed E-state index contributed by atoms with van der Waals surface area (Å²) in [7, 11) is 0. The molecule has 0 spiro atoms. The SMILES string of the molecule is CC/C=C/c1cc(F)c(F)cc1OCCO. The number of benzene rings is 1. The van der Waals surface area contributed by atoms with Crippen molar-refractivity contribution in [2.24, 2.45) is 0 Å². The monoisotopic (exact) mass is 228 g/mol. The van der Waals surface area contributed by atoms with Crippen molar-refractivity contribution in [2.75, 3.05) is 13.2 Å². The molecule has 4 heteroatoms. The van der Waals surface area contributed by atoms with Crippen LogP contribution in [0, 0.1) is 11.6 Å². The molecule has 0 saturated heterocycles. The molecule has 0 heterocycles. The van der Waals surface area contributed by atoms with Crippen LogP contribution in [0.2, 0.25) is 0 Å². The summed E-state index contributed by atoms with van der Waals surface area (Å²) in [6.45, 7) is 1.82. The van der Waals surface area contributed by atoms with Crippen LogP contribution in [0.15, 0.2) is 18.2 Å². The molecule has 88 valence electrons. The molecule has 0 aliphatic carbocycles. The Kier molecular flexibility index (Phi) is 4.92. The highest BCUT2D eigenvalue weighted by Crippen LogP contribution is 2.23. The molecule has 0 saturated carbocycles. The molecule has 1 rings (SSSR count). The highest BCUT2D eigenvalue weighted by molar-refractivity contribution is 5.57. The molecule has 1 aromatic rings. The fourth-order valence-corrected chi connectivity index (χ4v) is 1.20. The molecule has 1 aromatic carbocycles. The van der Waals surface area contributed by atoms with Crippen LogP contribution in [-0.2, 0) is 0 Å². The van der Waals surface area contributed by atoms with Gasteiger partial charge in [-0.1, -0.05) is 19.1 Å². The van der Waals surface area contributed by atoms with Crippen LogP contribution >= 0.6 is 0 Å². The summed E-state index contributed by atoms with van der Waals surface area (Å²) in [6.07, 6.45) is 4.27. The number of halogens is 2. The predicted molar refractivity (Wildman–Crippen MR) is 58.3 cm³/mol. The predicted octanol–water partition coefficient (Wildman–Crippen LogP) is 2.76. The molecule has 0 aliphatic heterocycles.